The Morgan fingerprint density at radius 3 is 2.59 bits per heavy atom. The molecule has 0 spiro atoms. The lowest BCUT2D eigenvalue weighted by molar-refractivity contribution is 0.264. The van der Waals surface area contributed by atoms with Crippen LogP contribution in [-0.2, 0) is 6.54 Å². The third kappa shape index (κ3) is 4.71. The summed E-state index contributed by atoms with van der Waals surface area (Å²) in [4.78, 5) is 19.1. The average Bonchev–Trinajstić information content (AvgIpc) is 3.46. The first kappa shape index (κ1) is 21.2. The van der Waals surface area contributed by atoms with Crippen LogP contribution in [0.3, 0.4) is 0 Å². The van der Waals surface area contributed by atoms with E-state index in [1.54, 1.807) is 6.20 Å². The monoisotopic (exact) mass is 434 g/mol. The molecule has 8 heteroatoms. The number of nitrogen functional groups attached to an aromatic ring is 1. The van der Waals surface area contributed by atoms with Crippen molar-refractivity contribution in [3.63, 3.8) is 0 Å². The van der Waals surface area contributed by atoms with Gasteiger partial charge in [-0.2, -0.15) is 0 Å². The molecule has 0 atom stereocenters. The minimum absolute atomic E-state index is 0.431. The summed E-state index contributed by atoms with van der Waals surface area (Å²) in [5.74, 6) is 2.12. The van der Waals surface area contributed by atoms with Gasteiger partial charge in [0.05, 0.1) is 5.39 Å². The smallest absolute Gasteiger partial charge is 0.165 e. The molecule has 5 rings (SSSR count). The molecule has 0 amide bonds. The van der Waals surface area contributed by atoms with Crippen LogP contribution < -0.4 is 11.1 Å². The highest BCUT2D eigenvalue weighted by molar-refractivity contribution is 5.89. The summed E-state index contributed by atoms with van der Waals surface area (Å²) in [6, 6.07) is 6.35. The molecule has 0 bridgehead atoms. The van der Waals surface area contributed by atoms with E-state index in [-0.39, 0.29) is 0 Å². The van der Waals surface area contributed by atoms with Gasteiger partial charge in [0.15, 0.2) is 5.82 Å². The number of piperidine rings is 1. The fourth-order valence-electron chi connectivity index (χ4n) is 4.84. The standard InChI is InChI=1S/C24H34N8/c1-30-14-7-19(8-15-30)27-23-20-9-16-32(13-4-12-31-10-2-3-11-31)24(20)29-22(28-23)18-5-6-21(25)26-17-18/h5-6,9,16-17,19H,2-4,7-8,10-15H2,1H3,(H2,25,26)(H,27,28,29). The maximum absolute atomic E-state index is 5.80. The normalized spacial score (nSPS) is 18.5. The summed E-state index contributed by atoms with van der Waals surface area (Å²) >= 11 is 0. The second kappa shape index (κ2) is 9.42. The van der Waals surface area contributed by atoms with Crippen molar-refractivity contribution in [2.45, 2.75) is 44.7 Å². The Hall–Kier alpha value is -2.71. The first-order valence-electron chi connectivity index (χ1n) is 11.9. The summed E-state index contributed by atoms with van der Waals surface area (Å²) in [6.07, 6.45) is 9.97. The third-order valence-electron chi connectivity index (χ3n) is 6.79. The Morgan fingerprint density at radius 2 is 1.84 bits per heavy atom. The Kier molecular flexibility index (Phi) is 6.23. The molecule has 2 aliphatic heterocycles. The van der Waals surface area contributed by atoms with Gasteiger partial charge in [0.1, 0.15) is 17.3 Å². The van der Waals surface area contributed by atoms with E-state index in [4.69, 9.17) is 15.7 Å². The van der Waals surface area contributed by atoms with Crippen molar-refractivity contribution >= 4 is 22.7 Å². The first-order chi connectivity index (χ1) is 15.7. The molecule has 3 aromatic heterocycles. The van der Waals surface area contributed by atoms with Crippen LogP contribution >= 0.6 is 0 Å². The molecular formula is C24H34N8. The number of rotatable bonds is 7. The van der Waals surface area contributed by atoms with Crippen LogP contribution in [-0.4, -0.2) is 75.1 Å². The quantitative estimate of drug-likeness (QED) is 0.591. The van der Waals surface area contributed by atoms with Crippen molar-refractivity contribution in [1.29, 1.82) is 0 Å². The lowest BCUT2D eigenvalue weighted by Crippen LogP contribution is -2.36. The van der Waals surface area contributed by atoms with E-state index >= 15 is 0 Å². The Labute approximate surface area is 189 Å². The molecule has 0 aromatic carbocycles. The summed E-state index contributed by atoms with van der Waals surface area (Å²) in [7, 11) is 2.19. The van der Waals surface area contributed by atoms with Crippen molar-refractivity contribution in [3.05, 3.63) is 30.6 Å². The lowest BCUT2D eigenvalue weighted by Gasteiger charge is -2.30. The van der Waals surface area contributed by atoms with Crippen molar-refractivity contribution in [1.82, 2.24) is 29.3 Å². The van der Waals surface area contributed by atoms with Gasteiger partial charge in [-0.25, -0.2) is 15.0 Å². The second-order valence-corrected chi connectivity index (χ2v) is 9.24. The largest absolute Gasteiger partial charge is 0.384 e. The number of nitrogens with two attached hydrogens (primary N) is 1. The maximum Gasteiger partial charge on any atom is 0.165 e. The van der Waals surface area contributed by atoms with Crippen molar-refractivity contribution in [3.8, 4) is 11.4 Å². The first-order valence-corrected chi connectivity index (χ1v) is 11.9. The lowest BCUT2D eigenvalue weighted by atomic mass is 10.1. The highest BCUT2D eigenvalue weighted by Crippen LogP contribution is 2.28. The molecule has 170 valence electrons. The number of aromatic nitrogens is 4. The van der Waals surface area contributed by atoms with Crippen LogP contribution in [0, 0.1) is 0 Å². The molecule has 0 unspecified atom stereocenters. The summed E-state index contributed by atoms with van der Waals surface area (Å²) in [5, 5.41) is 4.83. The molecule has 8 nitrogen and oxygen atoms in total. The maximum atomic E-state index is 5.80. The second-order valence-electron chi connectivity index (χ2n) is 9.24. The van der Waals surface area contributed by atoms with Crippen LogP contribution in [0.1, 0.15) is 32.1 Å². The minimum Gasteiger partial charge on any atom is -0.384 e. The van der Waals surface area contributed by atoms with E-state index in [1.165, 1.54) is 25.9 Å². The SMILES string of the molecule is CN1CCC(Nc2nc(-c3ccc(N)nc3)nc3c2ccn3CCCN2CCCC2)CC1. The molecule has 5 heterocycles. The number of hydrogen-bond donors (Lipinski definition) is 2. The van der Waals surface area contributed by atoms with E-state index < -0.39 is 0 Å². The molecule has 0 saturated carbocycles. The van der Waals surface area contributed by atoms with Gasteiger partial charge in [-0.15, -0.1) is 0 Å². The van der Waals surface area contributed by atoms with Crippen molar-refractivity contribution in [2.75, 3.05) is 50.8 Å². The Balaban J connectivity index is 1.43. The Morgan fingerprint density at radius 1 is 1.03 bits per heavy atom. The summed E-state index contributed by atoms with van der Waals surface area (Å²) < 4.78 is 2.28. The van der Waals surface area contributed by atoms with Gasteiger partial charge in [-0.05, 0) is 90.1 Å². The number of pyridine rings is 1. The van der Waals surface area contributed by atoms with Crippen molar-refractivity contribution < 1.29 is 0 Å². The van der Waals surface area contributed by atoms with Crippen LogP contribution in [0.15, 0.2) is 30.6 Å². The molecule has 32 heavy (non-hydrogen) atoms. The predicted octanol–water partition coefficient (Wildman–Crippen LogP) is 3.07. The molecule has 3 aromatic rings. The zero-order valence-electron chi connectivity index (χ0n) is 19.0. The zero-order valence-corrected chi connectivity index (χ0v) is 19.0. The molecule has 0 radical (unpaired) electrons. The predicted molar refractivity (Wildman–Crippen MR) is 130 cm³/mol. The molecule has 2 saturated heterocycles. The molecule has 2 fully saturated rings. The van der Waals surface area contributed by atoms with Gasteiger partial charge in [0.25, 0.3) is 0 Å². The van der Waals surface area contributed by atoms with Crippen LogP contribution in [0.4, 0.5) is 11.6 Å². The van der Waals surface area contributed by atoms with Gasteiger partial charge in [-0.1, -0.05) is 0 Å². The third-order valence-corrected chi connectivity index (χ3v) is 6.79. The Bertz CT molecular complexity index is 1030. The van der Waals surface area contributed by atoms with E-state index in [1.807, 2.05) is 12.1 Å². The number of aryl methyl sites for hydroxylation is 1. The fourth-order valence-corrected chi connectivity index (χ4v) is 4.84. The molecular weight excluding hydrogens is 400 g/mol. The molecule has 3 N–H and O–H groups in total. The number of likely N-dealkylation sites (tertiary alicyclic amines) is 2. The van der Waals surface area contributed by atoms with Crippen molar-refractivity contribution in [2.24, 2.45) is 0 Å². The number of anilines is 2. The molecule has 0 aliphatic carbocycles. The van der Waals surface area contributed by atoms with Gasteiger partial charge >= 0.3 is 0 Å². The van der Waals surface area contributed by atoms with Crippen LogP contribution in [0.2, 0.25) is 0 Å². The highest BCUT2D eigenvalue weighted by Gasteiger charge is 2.20. The number of nitrogens with one attached hydrogen (secondary N) is 1. The van der Waals surface area contributed by atoms with E-state index in [2.05, 4.69) is 44.0 Å². The van der Waals surface area contributed by atoms with Gasteiger partial charge in [0.2, 0.25) is 0 Å². The molecule has 2 aliphatic rings. The fraction of sp³-hybridized carbons (Fsp3) is 0.542. The van der Waals surface area contributed by atoms with E-state index in [9.17, 15) is 0 Å². The van der Waals surface area contributed by atoms with Gasteiger partial charge in [0, 0.05) is 30.5 Å². The number of fused-ring (bicyclic) bond motifs is 1. The minimum atomic E-state index is 0.431. The van der Waals surface area contributed by atoms with Crippen LogP contribution in [0.25, 0.3) is 22.4 Å². The van der Waals surface area contributed by atoms with Gasteiger partial charge in [-0.3, -0.25) is 0 Å². The number of nitrogens with zero attached hydrogens (tertiary/aromatic N) is 6. The topological polar surface area (TPSA) is 88.1 Å². The van der Waals surface area contributed by atoms with Gasteiger partial charge < -0.3 is 25.4 Å². The number of hydrogen-bond acceptors (Lipinski definition) is 7. The highest BCUT2D eigenvalue weighted by atomic mass is 15.2. The van der Waals surface area contributed by atoms with E-state index in [0.717, 1.165) is 67.9 Å². The average molecular weight is 435 g/mol. The summed E-state index contributed by atoms with van der Waals surface area (Å²) in [5.41, 5.74) is 7.67. The van der Waals surface area contributed by atoms with E-state index in [0.29, 0.717) is 17.7 Å². The summed E-state index contributed by atoms with van der Waals surface area (Å²) in [6.45, 7) is 6.82. The zero-order chi connectivity index (χ0) is 21.9. The van der Waals surface area contributed by atoms with Crippen LogP contribution in [0.5, 0.6) is 0 Å².